The molecule has 2 aromatic heterocycles. The molecule has 6 nitrogen and oxygen atoms in total. The lowest BCUT2D eigenvalue weighted by Gasteiger charge is -2.01. The minimum absolute atomic E-state index is 0.145. The Balaban J connectivity index is 2.56. The van der Waals surface area contributed by atoms with E-state index >= 15 is 0 Å². The van der Waals surface area contributed by atoms with Gasteiger partial charge in [0.05, 0.1) is 12.9 Å². The average molecular weight is 236 g/mol. The Bertz CT molecular complexity index is 611. The SMILES string of the molecule is CCCOC(=O)c1c(C)oc2nc[nH]c(=O)c12. The van der Waals surface area contributed by atoms with Crippen molar-refractivity contribution < 1.29 is 13.9 Å². The van der Waals surface area contributed by atoms with Crippen molar-refractivity contribution in [1.82, 2.24) is 9.97 Å². The maximum Gasteiger partial charge on any atom is 0.342 e. The Morgan fingerprint density at radius 1 is 1.59 bits per heavy atom. The first-order valence-corrected chi connectivity index (χ1v) is 5.29. The highest BCUT2D eigenvalue weighted by atomic mass is 16.5. The molecule has 90 valence electrons. The van der Waals surface area contributed by atoms with Crippen LogP contribution in [0.3, 0.4) is 0 Å². The van der Waals surface area contributed by atoms with Crippen molar-refractivity contribution in [1.29, 1.82) is 0 Å². The van der Waals surface area contributed by atoms with Crippen LogP contribution < -0.4 is 5.56 Å². The molecule has 0 aliphatic carbocycles. The molecule has 2 aromatic rings. The van der Waals surface area contributed by atoms with Gasteiger partial charge in [-0.2, -0.15) is 0 Å². The third kappa shape index (κ3) is 1.93. The van der Waals surface area contributed by atoms with Gasteiger partial charge in [-0.1, -0.05) is 6.92 Å². The minimum Gasteiger partial charge on any atom is -0.462 e. The second-order valence-corrected chi connectivity index (χ2v) is 3.58. The Morgan fingerprint density at radius 3 is 3.06 bits per heavy atom. The molecular weight excluding hydrogens is 224 g/mol. The molecular formula is C11H12N2O4. The van der Waals surface area contributed by atoms with Crippen molar-refractivity contribution in [3.8, 4) is 0 Å². The number of ether oxygens (including phenoxy) is 1. The van der Waals surface area contributed by atoms with E-state index in [1.807, 2.05) is 6.92 Å². The summed E-state index contributed by atoms with van der Waals surface area (Å²) in [6.07, 6.45) is 1.95. The molecule has 0 amide bonds. The van der Waals surface area contributed by atoms with Gasteiger partial charge in [0.15, 0.2) is 0 Å². The van der Waals surface area contributed by atoms with Gasteiger partial charge in [0.2, 0.25) is 5.71 Å². The molecule has 0 aliphatic rings. The van der Waals surface area contributed by atoms with Crippen LogP contribution in [0.25, 0.3) is 11.1 Å². The summed E-state index contributed by atoms with van der Waals surface area (Å²) in [5.74, 6) is -0.216. The molecule has 6 heteroatoms. The zero-order valence-electron chi connectivity index (χ0n) is 9.57. The number of nitrogens with zero attached hydrogens (tertiary/aromatic N) is 1. The third-order valence-electron chi connectivity index (χ3n) is 2.31. The maximum absolute atomic E-state index is 11.8. The van der Waals surface area contributed by atoms with Crippen molar-refractivity contribution >= 4 is 17.1 Å². The van der Waals surface area contributed by atoms with Gasteiger partial charge < -0.3 is 14.1 Å². The Labute approximate surface area is 96.6 Å². The molecule has 0 aliphatic heterocycles. The number of nitrogens with one attached hydrogen (secondary N) is 1. The predicted octanol–water partition coefficient (Wildman–Crippen LogP) is 1.39. The number of aromatic nitrogens is 2. The summed E-state index contributed by atoms with van der Waals surface area (Å²) in [5.41, 5.74) is -0.104. The predicted molar refractivity (Wildman–Crippen MR) is 59.9 cm³/mol. The summed E-state index contributed by atoms with van der Waals surface area (Å²) in [6, 6.07) is 0. The topological polar surface area (TPSA) is 85.2 Å². The van der Waals surface area contributed by atoms with E-state index in [0.29, 0.717) is 12.4 Å². The number of esters is 1. The number of aromatic amines is 1. The number of aryl methyl sites for hydroxylation is 1. The molecule has 0 aromatic carbocycles. The van der Waals surface area contributed by atoms with E-state index in [1.165, 1.54) is 6.33 Å². The number of hydrogen-bond donors (Lipinski definition) is 1. The van der Waals surface area contributed by atoms with Crippen molar-refractivity contribution in [2.45, 2.75) is 20.3 Å². The van der Waals surface area contributed by atoms with E-state index in [-0.39, 0.29) is 16.7 Å². The Morgan fingerprint density at radius 2 is 2.35 bits per heavy atom. The van der Waals surface area contributed by atoms with Crippen LogP contribution in [0, 0.1) is 6.92 Å². The van der Waals surface area contributed by atoms with Crippen LogP contribution in [0.4, 0.5) is 0 Å². The summed E-state index contributed by atoms with van der Waals surface area (Å²) < 4.78 is 10.2. The maximum atomic E-state index is 11.8. The van der Waals surface area contributed by atoms with Gasteiger partial charge in [0.25, 0.3) is 5.56 Å². The Hall–Kier alpha value is -2.11. The number of carbonyl (C=O) groups is 1. The van der Waals surface area contributed by atoms with E-state index < -0.39 is 11.5 Å². The first-order valence-electron chi connectivity index (χ1n) is 5.29. The smallest absolute Gasteiger partial charge is 0.342 e. The highest BCUT2D eigenvalue weighted by Crippen LogP contribution is 2.21. The summed E-state index contributed by atoms with van der Waals surface area (Å²) in [7, 11) is 0. The number of carbonyl (C=O) groups excluding carboxylic acids is 1. The molecule has 0 saturated carbocycles. The first kappa shape index (κ1) is 11.4. The fraction of sp³-hybridized carbons (Fsp3) is 0.364. The largest absolute Gasteiger partial charge is 0.462 e. The van der Waals surface area contributed by atoms with E-state index in [1.54, 1.807) is 6.92 Å². The lowest BCUT2D eigenvalue weighted by molar-refractivity contribution is 0.0505. The second-order valence-electron chi connectivity index (χ2n) is 3.58. The van der Waals surface area contributed by atoms with Crippen molar-refractivity contribution in [2.75, 3.05) is 6.61 Å². The number of H-pyrrole nitrogens is 1. The normalized spacial score (nSPS) is 10.7. The Kier molecular flexibility index (Phi) is 2.95. The molecule has 2 heterocycles. The zero-order valence-corrected chi connectivity index (χ0v) is 9.57. The van der Waals surface area contributed by atoms with Gasteiger partial charge in [-0.25, -0.2) is 9.78 Å². The monoisotopic (exact) mass is 236 g/mol. The highest BCUT2D eigenvalue weighted by molar-refractivity contribution is 6.03. The summed E-state index contributed by atoms with van der Waals surface area (Å²) in [5, 5.41) is 0.145. The molecule has 0 radical (unpaired) electrons. The van der Waals surface area contributed by atoms with Crippen LogP contribution >= 0.6 is 0 Å². The van der Waals surface area contributed by atoms with Gasteiger partial charge in [0.1, 0.15) is 16.7 Å². The molecule has 0 spiro atoms. The minimum atomic E-state index is -0.554. The van der Waals surface area contributed by atoms with Gasteiger partial charge in [0, 0.05) is 0 Å². The fourth-order valence-corrected chi connectivity index (χ4v) is 1.57. The van der Waals surface area contributed by atoms with Crippen molar-refractivity contribution in [3.05, 3.63) is 28.0 Å². The van der Waals surface area contributed by atoms with Crippen LogP contribution in [0.15, 0.2) is 15.5 Å². The summed E-state index contributed by atoms with van der Waals surface area (Å²) in [4.78, 5) is 29.7. The quantitative estimate of drug-likeness (QED) is 0.814. The molecule has 0 saturated heterocycles. The van der Waals surface area contributed by atoms with Crippen LogP contribution in [0.2, 0.25) is 0 Å². The molecule has 0 unspecified atom stereocenters. The molecule has 0 bridgehead atoms. The highest BCUT2D eigenvalue weighted by Gasteiger charge is 2.22. The van der Waals surface area contributed by atoms with Gasteiger partial charge in [-0.15, -0.1) is 0 Å². The van der Waals surface area contributed by atoms with Gasteiger partial charge in [-0.3, -0.25) is 4.79 Å². The third-order valence-corrected chi connectivity index (χ3v) is 2.31. The van der Waals surface area contributed by atoms with Crippen LogP contribution in [0.1, 0.15) is 29.5 Å². The van der Waals surface area contributed by atoms with E-state index in [9.17, 15) is 9.59 Å². The number of furan rings is 1. The van der Waals surface area contributed by atoms with Crippen molar-refractivity contribution in [3.63, 3.8) is 0 Å². The molecule has 0 fully saturated rings. The van der Waals surface area contributed by atoms with Crippen LogP contribution in [-0.4, -0.2) is 22.5 Å². The van der Waals surface area contributed by atoms with Crippen LogP contribution in [0.5, 0.6) is 0 Å². The summed E-state index contributed by atoms with van der Waals surface area (Å²) in [6.45, 7) is 3.80. The lowest BCUT2D eigenvalue weighted by atomic mass is 10.2. The molecule has 1 N–H and O–H groups in total. The molecule has 17 heavy (non-hydrogen) atoms. The number of hydrogen-bond acceptors (Lipinski definition) is 5. The standard InChI is InChI=1S/C11H12N2O4/c1-3-4-16-11(15)7-6(2)17-10-8(7)9(14)12-5-13-10/h5H,3-4H2,1-2H3,(H,12,13,14). The number of fused-ring (bicyclic) bond motifs is 1. The van der Waals surface area contributed by atoms with E-state index in [4.69, 9.17) is 9.15 Å². The van der Waals surface area contributed by atoms with Gasteiger partial charge >= 0.3 is 5.97 Å². The van der Waals surface area contributed by atoms with E-state index in [2.05, 4.69) is 9.97 Å². The lowest BCUT2D eigenvalue weighted by Crippen LogP contribution is -2.12. The first-order chi connectivity index (χ1) is 8.15. The number of rotatable bonds is 3. The molecule has 0 atom stereocenters. The zero-order chi connectivity index (χ0) is 12.4. The van der Waals surface area contributed by atoms with Gasteiger partial charge in [-0.05, 0) is 13.3 Å². The average Bonchev–Trinajstić information content (AvgIpc) is 2.64. The van der Waals surface area contributed by atoms with Crippen molar-refractivity contribution in [2.24, 2.45) is 0 Å². The fourth-order valence-electron chi connectivity index (χ4n) is 1.57. The molecule has 2 rings (SSSR count). The van der Waals surface area contributed by atoms with E-state index in [0.717, 1.165) is 6.42 Å². The second kappa shape index (κ2) is 4.40. The van der Waals surface area contributed by atoms with Crippen LogP contribution in [-0.2, 0) is 4.74 Å². The summed E-state index contributed by atoms with van der Waals surface area (Å²) >= 11 is 0.